The number of fused-ring (bicyclic) bond motifs is 3. The van der Waals surface area contributed by atoms with Crippen LogP contribution in [0, 0.1) is 6.92 Å². The van der Waals surface area contributed by atoms with Gasteiger partial charge in [0, 0.05) is 5.56 Å². The summed E-state index contributed by atoms with van der Waals surface area (Å²) >= 11 is 0. The summed E-state index contributed by atoms with van der Waals surface area (Å²) in [5.41, 5.74) is -2.17. The number of hydrogen-bond acceptors (Lipinski definition) is 4. The minimum Gasteiger partial charge on any atom is -0.317 e. The van der Waals surface area contributed by atoms with Crippen LogP contribution in [-0.2, 0) is 0 Å². The van der Waals surface area contributed by atoms with Crippen molar-refractivity contribution >= 4 is 28.8 Å². The van der Waals surface area contributed by atoms with E-state index in [0.29, 0.717) is 11.1 Å². The Labute approximate surface area is 151 Å². The SMILES string of the molecule is Cc1ccccc1C(=O)N[C@@]1(C(F)(F)F)Nc2nc3ccccc3n2C1=O. The number of carbonyl (C=O) groups excluding carboxylic acids is 2. The molecule has 27 heavy (non-hydrogen) atoms. The summed E-state index contributed by atoms with van der Waals surface area (Å²) in [5, 5.41) is 3.94. The average Bonchev–Trinajstić information content (AvgIpc) is 3.10. The molecule has 9 heteroatoms. The molecule has 0 spiro atoms. The van der Waals surface area contributed by atoms with Crippen molar-refractivity contribution in [2.45, 2.75) is 18.8 Å². The minimum absolute atomic E-state index is 0.0464. The summed E-state index contributed by atoms with van der Waals surface area (Å²) in [7, 11) is 0. The molecule has 6 nitrogen and oxygen atoms in total. The molecule has 0 saturated carbocycles. The zero-order chi connectivity index (χ0) is 19.4. The van der Waals surface area contributed by atoms with Crippen LogP contribution in [0.1, 0.15) is 20.7 Å². The Hall–Kier alpha value is -3.36. The number of carbonyl (C=O) groups is 2. The Kier molecular flexibility index (Phi) is 3.52. The van der Waals surface area contributed by atoms with Crippen molar-refractivity contribution in [3.8, 4) is 0 Å². The number of halogens is 3. The molecule has 1 aromatic heterocycles. The fraction of sp³-hybridized carbons (Fsp3) is 0.167. The van der Waals surface area contributed by atoms with Crippen molar-refractivity contribution in [3.05, 3.63) is 59.7 Å². The van der Waals surface area contributed by atoms with E-state index in [1.807, 2.05) is 5.32 Å². The van der Waals surface area contributed by atoms with Crippen LogP contribution in [0.15, 0.2) is 48.5 Å². The molecule has 138 valence electrons. The molecular formula is C18H13F3N4O2. The van der Waals surface area contributed by atoms with Crippen molar-refractivity contribution in [1.82, 2.24) is 14.9 Å². The van der Waals surface area contributed by atoms with Crippen molar-refractivity contribution in [2.75, 3.05) is 5.32 Å². The van der Waals surface area contributed by atoms with E-state index in [1.54, 1.807) is 37.3 Å². The number of nitrogens with one attached hydrogen (secondary N) is 2. The van der Waals surface area contributed by atoms with Crippen LogP contribution in [0.2, 0.25) is 0 Å². The quantitative estimate of drug-likeness (QED) is 0.723. The van der Waals surface area contributed by atoms with E-state index in [2.05, 4.69) is 10.3 Å². The molecule has 1 aliphatic rings. The number of para-hydroxylation sites is 2. The number of hydrogen-bond donors (Lipinski definition) is 2. The van der Waals surface area contributed by atoms with E-state index in [4.69, 9.17) is 0 Å². The number of benzene rings is 2. The molecule has 2 aromatic carbocycles. The number of aryl methyl sites for hydroxylation is 1. The van der Waals surface area contributed by atoms with Gasteiger partial charge in [-0.25, -0.2) is 9.55 Å². The van der Waals surface area contributed by atoms with E-state index in [-0.39, 0.29) is 17.0 Å². The van der Waals surface area contributed by atoms with Gasteiger partial charge in [-0.15, -0.1) is 0 Å². The maximum atomic E-state index is 13.9. The molecule has 0 bridgehead atoms. The monoisotopic (exact) mass is 374 g/mol. The summed E-state index contributed by atoms with van der Waals surface area (Å²) in [6.45, 7) is 1.59. The van der Waals surface area contributed by atoms with Gasteiger partial charge in [-0.3, -0.25) is 9.59 Å². The zero-order valence-corrected chi connectivity index (χ0v) is 14.0. The van der Waals surface area contributed by atoms with Gasteiger partial charge in [0.25, 0.3) is 17.5 Å². The topological polar surface area (TPSA) is 76.0 Å². The molecule has 1 atom stereocenters. The first kappa shape index (κ1) is 17.1. The zero-order valence-electron chi connectivity index (χ0n) is 14.0. The van der Waals surface area contributed by atoms with E-state index in [0.717, 1.165) is 4.57 Å². The molecule has 1 amide bonds. The highest BCUT2D eigenvalue weighted by atomic mass is 19.4. The highest BCUT2D eigenvalue weighted by molar-refractivity contribution is 6.08. The highest BCUT2D eigenvalue weighted by Crippen LogP contribution is 2.39. The molecule has 1 aliphatic heterocycles. The Bertz CT molecular complexity index is 1090. The smallest absolute Gasteiger partial charge is 0.317 e. The number of aromatic nitrogens is 2. The van der Waals surface area contributed by atoms with Crippen LogP contribution in [0.25, 0.3) is 11.0 Å². The van der Waals surface area contributed by atoms with Crippen LogP contribution in [0.3, 0.4) is 0 Å². The lowest BCUT2D eigenvalue weighted by Gasteiger charge is -2.30. The second-order valence-corrected chi connectivity index (χ2v) is 6.21. The van der Waals surface area contributed by atoms with Crippen LogP contribution in [0.4, 0.5) is 19.1 Å². The molecule has 0 fully saturated rings. The van der Waals surface area contributed by atoms with Gasteiger partial charge < -0.3 is 10.6 Å². The van der Waals surface area contributed by atoms with Gasteiger partial charge in [0.05, 0.1) is 11.0 Å². The van der Waals surface area contributed by atoms with Crippen LogP contribution >= 0.6 is 0 Å². The fourth-order valence-corrected chi connectivity index (χ4v) is 3.12. The van der Waals surface area contributed by atoms with Crippen LogP contribution in [-0.4, -0.2) is 33.2 Å². The van der Waals surface area contributed by atoms with Gasteiger partial charge in [0.2, 0.25) is 5.95 Å². The Morgan fingerprint density at radius 2 is 1.81 bits per heavy atom. The largest absolute Gasteiger partial charge is 0.440 e. The van der Waals surface area contributed by atoms with E-state index in [9.17, 15) is 22.8 Å². The number of anilines is 1. The molecule has 2 N–H and O–H groups in total. The second kappa shape index (κ2) is 5.57. The molecule has 0 unspecified atom stereocenters. The van der Waals surface area contributed by atoms with Crippen molar-refractivity contribution in [1.29, 1.82) is 0 Å². The van der Waals surface area contributed by atoms with E-state index < -0.39 is 23.7 Å². The first-order chi connectivity index (χ1) is 12.7. The number of nitrogens with zero attached hydrogens (tertiary/aromatic N) is 2. The van der Waals surface area contributed by atoms with Crippen LogP contribution < -0.4 is 10.6 Å². The number of amides is 1. The van der Waals surface area contributed by atoms with Crippen molar-refractivity contribution in [2.24, 2.45) is 0 Å². The van der Waals surface area contributed by atoms with E-state index >= 15 is 0 Å². The standard InChI is InChI=1S/C18H13F3N4O2/c1-10-6-2-3-7-11(10)14(26)23-17(18(19,20)21)15(27)25-13-9-5-4-8-12(13)22-16(25)24-17/h2-9H,1H3,(H,22,24)(H,23,26)/t17-/m1/s1. The second-order valence-electron chi connectivity index (χ2n) is 6.21. The lowest BCUT2D eigenvalue weighted by molar-refractivity contribution is -0.169. The third-order valence-corrected chi connectivity index (χ3v) is 4.50. The molecule has 4 rings (SSSR count). The Morgan fingerprint density at radius 1 is 1.15 bits per heavy atom. The third-order valence-electron chi connectivity index (χ3n) is 4.50. The van der Waals surface area contributed by atoms with Gasteiger partial charge in [0.1, 0.15) is 0 Å². The highest BCUT2D eigenvalue weighted by Gasteiger charge is 2.66. The number of imidazole rings is 1. The first-order valence-electron chi connectivity index (χ1n) is 8.00. The molecular weight excluding hydrogens is 361 g/mol. The summed E-state index contributed by atoms with van der Waals surface area (Å²) in [6, 6.07) is 12.5. The first-order valence-corrected chi connectivity index (χ1v) is 8.00. The Morgan fingerprint density at radius 3 is 2.52 bits per heavy atom. The summed E-state index contributed by atoms with van der Waals surface area (Å²) in [6.07, 6.45) is -5.09. The van der Waals surface area contributed by atoms with Crippen molar-refractivity contribution < 1.29 is 22.8 Å². The predicted molar refractivity (Wildman–Crippen MR) is 91.4 cm³/mol. The minimum atomic E-state index is -5.09. The molecule has 0 radical (unpaired) electrons. The number of alkyl halides is 3. The van der Waals surface area contributed by atoms with Gasteiger partial charge in [0.15, 0.2) is 0 Å². The van der Waals surface area contributed by atoms with E-state index in [1.165, 1.54) is 18.2 Å². The molecule has 3 aromatic rings. The summed E-state index contributed by atoms with van der Waals surface area (Å²) < 4.78 is 42.7. The summed E-state index contributed by atoms with van der Waals surface area (Å²) in [5.74, 6) is -2.65. The van der Waals surface area contributed by atoms with Gasteiger partial charge in [-0.2, -0.15) is 13.2 Å². The fourth-order valence-electron chi connectivity index (χ4n) is 3.12. The number of rotatable bonds is 2. The maximum Gasteiger partial charge on any atom is 0.440 e. The van der Waals surface area contributed by atoms with Crippen molar-refractivity contribution in [3.63, 3.8) is 0 Å². The molecule has 0 saturated heterocycles. The molecule has 0 aliphatic carbocycles. The lowest BCUT2D eigenvalue weighted by Crippen LogP contribution is -2.67. The summed E-state index contributed by atoms with van der Waals surface area (Å²) in [4.78, 5) is 29.4. The third kappa shape index (κ3) is 2.38. The van der Waals surface area contributed by atoms with Gasteiger partial charge in [-0.1, -0.05) is 30.3 Å². The van der Waals surface area contributed by atoms with Crippen LogP contribution in [0.5, 0.6) is 0 Å². The normalized spacial score (nSPS) is 19.0. The predicted octanol–water partition coefficient (Wildman–Crippen LogP) is 3.10. The van der Waals surface area contributed by atoms with Gasteiger partial charge >= 0.3 is 6.18 Å². The molecule has 2 heterocycles. The maximum absolute atomic E-state index is 13.9. The average molecular weight is 374 g/mol. The Balaban J connectivity index is 1.80. The lowest BCUT2D eigenvalue weighted by atomic mass is 10.1. The van der Waals surface area contributed by atoms with Gasteiger partial charge in [-0.05, 0) is 30.7 Å².